The molecule has 2 aliphatic heterocycles. The van der Waals surface area contributed by atoms with Gasteiger partial charge >= 0.3 is 0 Å². The number of aromatic nitrogens is 3. The summed E-state index contributed by atoms with van der Waals surface area (Å²) in [5.74, 6) is 0. The highest BCUT2D eigenvalue weighted by atomic mass is 16.1. The maximum Gasteiger partial charge on any atom is 0.282 e. The predicted molar refractivity (Wildman–Crippen MR) is 86.7 cm³/mol. The van der Waals surface area contributed by atoms with Crippen LogP contribution in [0, 0.1) is 0 Å². The van der Waals surface area contributed by atoms with Crippen molar-refractivity contribution in [2.45, 2.75) is 38.5 Å². The van der Waals surface area contributed by atoms with Crippen LogP contribution in [0.2, 0.25) is 0 Å². The number of hydrogen-bond acceptors (Lipinski definition) is 2. The van der Waals surface area contributed by atoms with Crippen LogP contribution in [-0.4, -0.2) is 14.8 Å². The number of fused-ring (bicyclic) bond motifs is 3. The fourth-order valence-electron chi connectivity index (χ4n) is 3.35. The van der Waals surface area contributed by atoms with Crippen LogP contribution < -0.4 is 5.56 Å². The zero-order chi connectivity index (χ0) is 14.9. The molecule has 0 atom stereocenters. The summed E-state index contributed by atoms with van der Waals surface area (Å²) in [6, 6.07) is 9.64. The van der Waals surface area contributed by atoms with Crippen LogP contribution in [0.1, 0.15) is 36.9 Å². The van der Waals surface area contributed by atoms with E-state index in [4.69, 9.17) is 0 Å². The molecule has 0 bridgehead atoms. The Kier molecular flexibility index (Phi) is 3.29. The molecule has 1 aromatic rings. The van der Waals surface area contributed by atoms with E-state index in [-0.39, 0.29) is 5.56 Å². The summed E-state index contributed by atoms with van der Waals surface area (Å²) < 4.78 is 1.53. The molecular weight excluding hydrogens is 274 g/mol. The van der Waals surface area contributed by atoms with Gasteiger partial charge in [0.15, 0.2) is 0 Å². The molecule has 3 aliphatic rings. The molecule has 0 saturated carbocycles. The van der Waals surface area contributed by atoms with Crippen LogP contribution in [0.5, 0.6) is 0 Å². The van der Waals surface area contributed by atoms with Gasteiger partial charge in [0.25, 0.3) is 5.56 Å². The summed E-state index contributed by atoms with van der Waals surface area (Å²) in [4.78, 5) is 16.0. The predicted octanol–water partition coefficient (Wildman–Crippen LogP) is 3.32. The number of nitrogens with one attached hydrogen (secondary N) is 1. The van der Waals surface area contributed by atoms with Gasteiger partial charge in [-0.05, 0) is 43.4 Å². The molecule has 0 saturated heterocycles. The highest BCUT2D eigenvalue weighted by Crippen LogP contribution is 2.28. The van der Waals surface area contributed by atoms with Gasteiger partial charge in [-0.1, -0.05) is 31.0 Å². The van der Waals surface area contributed by atoms with Crippen molar-refractivity contribution < 1.29 is 0 Å². The Hall–Kier alpha value is -2.36. The third-order valence-corrected chi connectivity index (χ3v) is 4.52. The largest absolute Gasteiger partial charge is 0.364 e. The molecule has 4 rings (SSSR count). The molecule has 0 unspecified atom stereocenters. The maximum atomic E-state index is 12.6. The van der Waals surface area contributed by atoms with E-state index in [0.29, 0.717) is 5.56 Å². The standard InChI is InChI=1S/C18H19N3O/c22-18-15-12-19-16-11-7-2-1-6-10-14(16)17(15)20-21(18)13-8-4-3-5-9-13/h3-5,8-9,12,19H,1-2,6-7,10-11H2. The minimum Gasteiger partial charge on any atom is -0.364 e. The fourth-order valence-corrected chi connectivity index (χ4v) is 3.35. The van der Waals surface area contributed by atoms with Gasteiger partial charge in [-0.15, -0.1) is 0 Å². The zero-order valence-electron chi connectivity index (χ0n) is 12.5. The van der Waals surface area contributed by atoms with E-state index in [9.17, 15) is 4.79 Å². The number of H-pyrrole nitrogens is 1. The second-order valence-corrected chi connectivity index (χ2v) is 5.97. The number of aryl methyl sites for hydroxylation is 1. The van der Waals surface area contributed by atoms with Crippen molar-refractivity contribution in [2.24, 2.45) is 0 Å². The first kappa shape index (κ1) is 13.3. The first-order valence-corrected chi connectivity index (χ1v) is 8.02. The van der Waals surface area contributed by atoms with Crippen molar-refractivity contribution in [2.75, 3.05) is 0 Å². The number of nitrogens with zero attached hydrogens (tertiary/aromatic N) is 2. The van der Waals surface area contributed by atoms with Crippen LogP contribution in [0.15, 0.2) is 41.3 Å². The van der Waals surface area contributed by atoms with Gasteiger partial charge in [-0.25, -0.2) is 0 Å². The minimum atomic E-state index is -0.0395. The smallest absolute Gasteiger partial charge is 0.282 e. The average molecular weight is 293 g/mol. The van der Waals surface area contributed by atoms with Gasteiger partial charge in [-0.2, -0.15) is 9.78 Å². The van der Waals surface area contributed by atoms with E-state index < -0.39 is 0 Å². The van der Waals surface area contributed by atoms with E-state index in [1.165, 1.54) is 41.6 Å². The Morgan fingerprint density at radius 3 is 2.59 bits per heavy atom. The summed E-state index contributed by atoms with van der Waals surface area (Å²) in [6.07, 6.45) is 8.83. The summed E-state index contributed by atoms with van der Waals surface area (Å²) in [5, 5.41) is 4.65. The van der Waals surface area contributed by atoms with Crippen LogP contribution in [0.25, 0.3) is 16.9 Å². The average Bonchev–Trinajstić information content (AvgIpc) is 2.86. The molecule has 4 heteroatoms. The van der Waals surface area contributed by atoms with Crippen LogP contribution in [-0.2, 0) is 12.8 Å². The summed E-state index contributed by atoms with van der Waals surface area (Å²) in [5.41, 5.74) is 4.85. The molecular formula is C18H19N3O. The lowest BCUT2D eigenvalue weighted by molar-refractivity contribution is 0.608. The molecule has 112 valence electrons. The van der Waals surface area contributed by atoms with Crippen molar-refractivity contribution in [3.63, 3.8) is 0 Å². The lowest BCUT2D eigenvalue weighted by Gasteiger charge is -2.15. The number of benzene rings is 1. The molecule has 2 heterocycles. The summed E-state index contributed by atoms with van der Waals surface area (Å²) in [6.45, 7) is 0. The van der Waals surface area contributed by atoms with Gasteiger partial charge in [0.2, 0.25) is 0 Å². The normalized spacial score (nSPS) is 15.3. The fraction of sp³-hybridized carbons (Fsp3) is 0.333. The van der Waals surface area contributed by atoms with Gasteiger partial charge in [0.1, 0.15) is 5.69 Å². The number of aromatic amines is 1. The number of rotatable bonds is 1. The third-order valence-electron chi connectivity index (χ3n) is 4.52. The van der Waals surface area contributed by atoms with E-state index in [1.54, 1.807) is 0 Å². The lowest BCUT2D eigenvalue weighted by atomic mass is 9.94. The molecule has 0 radical (unpaired) electrons. The molecule has 0 fully saturated rings. The van der Waals surface area contributed by atoms with Crippen molar-refractivity contribution in [1.29, 1.82) is 0 Å². The van der Waals surface area contributed by atoms with Crippen LogP contribution >= 0.6 is 0 Å². The highest BCUT2D eigenvalue weighted by Gasteiger charge is 2.22. The monoisotopic (exact) mass is 293 g/mol. The number of para-hydroxylation sites is 1. The molecule has 1 aliphatic carbocycles. The number of pyridine rings is 1. The van der Waals surface area contributed by atoms with E-state index in [1.807, 2.05) is 36.5 Å². The first-order valence-electron chi connectivity index (χ1n) is 8.02. The Labute approximate surface area is 129 Å². The van der Waals surface area contributed by atoms with Gasteiger partial charge < -0.3 is 4.98 Å². The van der Waals surface area contributed by atoms with Crippen molar-refractivity contribution in [3.05, 3.63) is 58.1 Å². The van der Waals surface area contributed by atoms with Crippen molar-refractivity contribution >= 4 is 0 Å². The van der Waals surface area contributed by atoms with Gasteiger partial charge in [0, 0.05) is 11.9 Å². The Morgan fingerprint density at radius 2 is 1.77 bits per heavy atom. The number of hydrogen-bond donors (Lipinski definition) is 1. The van der Waals surface area contributed by atoms with Gasteiger partial charge in [0.05, 0.1) is 11.3 Å². The second kappa shape index (κ2) is 5.44. The topological polar surface area (TPSA) is 50.7 Å². The lowest BCUT2D eigenvalue weighted by Crippen LogP contribution is -2.14. The Morgan fingerprint density at radius 1 is 1.00 bits per heavy atom. The van der Waals surface area contributed by atoms with Crippen LogP contribution in [0.3, 0.4) is 0 Å². The van der Waals surface area contributed by atoms with E-state index >= 15 is 0 Å². The summed E-state index contributed by atoms with van der Waals surface area (Å²) >= 11 is 0. The Bertz CT molecular complexity index is 816. The second-order valence-electron chi connectivity index (χ2n) is 5.97. The quantitative estimate of drug-likeness (QED) is 0.748. The molecule has 1 aromatic carbocycles. The van der Waals surface area contributed by atoms with E-state index in [2.05, 4.69) is 10.1 Å². The van der Waals surface area contributed by atoms with Crippen LogP contribution in [0.4, 0.5) is 0 Å². The summed E-state index contributed by atoms with van der Waals surface area (Å²) in [7, 11) is 0. The zero-order valence-corrected chi connectivity index (χ0v) is 12.5. The molecule has 0 spiro atoms. The molecule has 4 nitrogen and oxygen atoms in total. The SMILES string of the molecule is O=c1c2c[nH]c3c(c-2nn1-c1ccccc1)CCCCCC3. The molecule has 0 amide bonds. The van der Waals surface area contributed by atoms with Gasteiger partial charge in [-0.3, -0.25) is 4.79 Å². The molecule has 0 aromatic heterocycles. The third kappa shape index (κ3) is 2.15. The minimum absolute atomic E-state index is 0.0395. The van der Waals surface area contributed by atoms with Crippen molar-refractivity contribution in [3.8, 4) is 16.9 Å². The van der Waals surface area contributed by atoms with E-state index in [0.717, 1.165) is 24.2 Å². The Balaban J connectivity index is 1.92. The first-order chi connectivity index (χ1) is 10.8. The van der Waals surface area contributed by atoms with Crippen molar-refractivity contribution in [1.82, 2.24) is 14.8 Å². The molecule has 1 N–H and O–H groups in total. The molecule has 22 heavy (non-hydrogen) atoms. The maximum absolute atomic E-state index is 12.6. The highest BCUT2D eigenvalue weighted by molar-refractivity contribution is 5.65.